The van der Waals surface area contributed by atoms with Gasteiger partial charge in [-0.1, -0.05) is 31.9 Å². The number of nitrogens with two attached hydrogens (primary N) is 1. The number of anilines is 1. The predicted octanol–water partition coefficient (Wildman–Crippen LogP) is 1.07. The van der Waals surface area contributed by atoms with Crippen LogP contribution in [0.25, 0.3) is 0 Å². The number of aromatic carboxylic acids is 1. The first-order valence-electron chi connectivity index (χ1n) is 9.88. The molecule has 0 spiro atoms. The summed E-state index contributed by atoms with van der Waals surface area (Å²) in [5.74, 6) is -4.19. The average Bonchev–Trinajstić information content (AvgIpc) is 2.78. The number of rotatable bonds is 11. The summed E-state index contributed by atoms with van der Waals surface area (Å²) in [5, 5.41) is 37.7. The van der Waals surface area contributed by atoms with Crippen molar-refractivity contribution in [3.63, 3.8) is 0 Å². The number of carboxylic acids is 1. The largest absolute Gasteiger partial charge is 0.478 e. The van der Waals surface area contributed by atoms with Gasteiger partial charge in [0.2, 0.25) is 17.2 Å². The Hall–Kier alpha value is -3.60. The third kappa shape index (κ3) is 6.25. The number of carbonyl (C=O) groups excluding carboxylic acids is 3. The van der Waals surface area contributed by atoms with E-state index in [2.05, 4.69) is 19.7 Å². The molecule has 1 aromatic carbocycles. The molecule has 0 saturated heterocycles. The Balaban J connectivity index is 0.000000896. The van der Waals surface area contributed by atoms with Crippen LogP contribution in [0.4, 0.5) is 5.69 Å². The number of benzene rings is 1. The number of Topliss-reactive ketones (excluding diaryl/α,β-unsaturated/α-hetero) is 2. The smallest absolute Gasteiger partial charge is 0.337 e. The fourth-order valence-corrected chi connectivity index (χ4v) is 2.79. The Bertz CT molecular complexity index is 956. The maximum atomic E-state index is 12.8. The maximum Gasteiger partial charge on any atom is 0.337 e. The fraction of sp³-hybridized carbons (Fsp3) is 0.333. The molecule has 0 aliphatic carbocycles. The molecule has 0 atom stereocenters. The van der Waals surface area contributed by atoms with Gasteiger partial charge in [0, 0.05) is 11.3 Å². The van der Waals surface area contributed by atoms with Crippen LogP contribution in [0.2, 0.25) is 0 Å². The number of aliphatic hydroxyl groups excluding tert-OH is 3. The molecule has 0 aliphatic rings. The lowest BCUT2D eigenvalue weighted by Gasteiger charge is -2.44. The highest BCUT2D eigenvalue weighted by Crippen LogP contribution is 2.40. The van der Waals surface area contributed by atoms with E-state index in [1.165, 1.54) is 26.8 Å². The van der Waals surface area contributed by atoms with Gasteiger partial charge in [0.1, 0.15) is 0 Å². The van der Waals surface area contributed by atoms with Crippen molar-refractivity contribution in [1.29, 1.82) is 0 Å². The molecule has 34 heavy (non-hydrogen) atoms. The fourth-order valence-electron chi connectivity index (χ4n) is 2.79. The Labute approximate surface area is 197 Å². The maximum absolute atomic E-state index is 12.8. The SMILES string of the molecule is C=C(C)C(=O)OC(C(=O)C(=C)C)(C(=O)C(=C)C)C(CO)(CO)CO.Nc1ccccc1C(=O)O. The molecule has 1 rings (SSSR count). The standard InChI is InChI=1S/C17H24O7.C7H7NO2/c1-10(2)13(21)17(14(22)11(3)4,24-15(23)12(5)6)16(7-18,8-19)9-20;8-6-4-2-1-3-5(6)7(9)10/h18-20H,1,3,5,7-9H2,2,4,6H3;1-4H,8H2,(H,9,10). The van der Waals surface area contributed by atoms with Crippen molar-refractivity contribution < 1.29 is 44.3 Å². The lowest BCUT2D eigenvalue weighted by atomic mass is 9.65. The zero-order valence-corrected chi connectivity index (χ0v) is 19.5. The Morgan fingerprint density at radius 1 is 0.853 bits per heavy atom. The Morgan fingerprint density at radius 3 is 1.53 bits per heavy atom. The summed E-state index contributed by atoms with van der Waals surface area (Å²) in [6.07, 6.45) is 0. The lowest BCUT2D eigenvalue weighted by Crippen LogP contribution is -2.67. The first kappa shape index (κ1) is 30.4. The van der Waals surface area contributed by atoms with Crippen LogP contribution in [0, 0.1) is 5.41 Å². The second kappa shape index (κ2) is 12.6. The summed E-state index contributed by atoms with van der Waals surface area (Å²) in [6, 6.07) is 6.36. The van der Waals surface area contributed by atoms with Crippen molar-refractivity contribution in [2.75, 3.05) is 25.6 Å². The third-order valence-electron chi connectivity index (χ3n) is 4.86. The van der Waals surface area contributed by atoms with E-state index in [9.17, 15) is 34.5 Å². The van der Waals surface area contributed by atoms with E-state index in [0.29, 0.717) is 5.69 Å². The minimum absolute atomic E-state index is 0.119. The van der Waals surface area contributed by atoms with Crippen molar-refractivity contribution >= 4 is 29.2 Å². The normalized spacial score (nSPS) is 10.9. The van der Waals surface area contributed by atoms with E-state index in [1.807, 2.05) is 0 Å². The molecule has 0 saturated carbocycles. The second-order valence-corrected chi connectivity index (χ2v) is 7.72. The summed E-state index contributed by atoms with van der Waals surface area (Å²) in [4.78, 5) is 48.0. The van der Waals surface area contributed by atoms with E-state index >= 15 is 0 Å². The lowest BCUT2D eigenvalue weighted by molar-refractivity contribution is -0.196. The van der Waals surface area contributed by atoms with Gasteiger partial charge in [0.05, 0.1) is 30.8 Å². The molecule has 186 valence electrons. The molecule has 0 aliphatic heterocycles. The van der Waals surface area contributed by atoms with Gasteiger partial charge in [-0.25, -0.2) is 9.59 Å². The first-order valence-corrected chi connectivity index (χ1v) is 9.88. The van der Waals surface area contributed by atoms with Crippen LogP contribution in [0.1, 0.15) is 31.1 Å². The number of ketones is 2. The summed E-state index contributed by atoms with van der Waals surface area (Å²) in [5.41, 5.74) is 0.456. The number of nitrogen functional groups attached to an aromatic ring is 1. The van der Waals surface area contributed by atoms with Crippen LogP contribution in [-0.4, -0.2) is 69.4 Å². The van der Waals surface area contributed by atoms with Crippen LogP contribution in [-0.2, 0) is 19.1 Å². The molecule has 0 radical (unpaired) electrons. The minimum Gasteiger partial charge on any atom is -0.478 e. The molecule has 0 aromatic heterocycles. The molecule has 10 nitrogen and oxygen atoms in total. The number of carbonyl (C=O) groups is 4. The molecule has 0 bridgehead atoms. The molecular weight excluding hydrogens is 446 g/mol. The van der Waals surface area contributed by atoms with Gasteiger partial charge in [-0.3, -0.25) is 9.59 Å². The molecule has 0 heterocycles. The second-order valence-electron chi connectivity index (χ2n) is 7.72. The quantitative estimate of drug-likeness (QED) is 0.134. The molecule has 10 heteroatoms. The van der Waals surface area contributed by atoms with Crippen molar-refractivity contribution in [2.24, 2.45) is 5.41 Å². The molecule has 0 fully saturated rings. The highest BCUT2D eigenvalue weighted by atomic mass is 16.6. The number of esters is 1. The Morgan fingerprint density at radius 2 is 1.26 bits per heavy atom. The molecule has 6 N–H and O–H groups in total. The monoisotopic (exact) mass is 477 g/mol. The van der Waals surface area contributed by atoms with Gasteiger partial charge in [-0.05, 0) is 44.1 Å². The van der Waals surface area contributed by atoms with Crippen molar-refractivity contribution in [3.8, 4) is 0 Å². The van der Waals surface area contributed by atoms with Gasteiger partial charge < -0.3 is 30.9 Å². The van der Waals surface area contributed by atoms with E-state index < -0.39 is 54.3 Å². The number of aliphatic hydroxyl groups is 3. The number of para-hydroxylation sites is 1. The summed E-state index contributed by atoms with van der Waals surface area (Å²) >= 11 is 0. The van der Waals surface area contributed by atoms with Crippen LogP contribution in [0.5, 0.6) is 0 Å². The number of ether oxygens (including phenoxy) is 1. The van der Waals surface area contributed by atoms with Crippen molar-refractivity contribution in [3.05, 3.63) is 66.3 Å². The predicted molar refractivity (Wildman–Crippen MR) is 125 cm³/mol. The highest BCUT2D eigenvalue weighted by Gasteiger charge is 2.64. The highest BCUT2D eigenvalue weighted by molar-refractivity contribution is 6.23. The van der Waals surface area contributed by atoms with Gasteiger partial charge in [-0.2, -0.15) is 0 Å². The molecule has 0 unspecified atom stereocenters. The van der Waals surface area contributed by atoms with Gasteiger partial charge >= 0.3 is 11.9 Å². The van der Waals surface area contributed by atoms with E-state index in [0.717, 1.165) is 0 Å². The summed E-state index contributed by atoms with van der Waals surface area (Å²) < 4.78 is 5.14. The number of hydrogen-bond acceptors (Lipinski definition) is 9. The minimum atomic E-state index is -2.71. The van der Waals surface area contributed by atoms with Crippen molar-refractivity contribution in [1.82, 2.24) is 0 Å². The van der Waals surface area contributed by atoms with Crippen LogP contribution in [0.3, 0.4) is 0 Å². The van der Waals surface area contributed by atoms with Crippen LogP contribution < -0.4 is 5.73 Å². The first-order chi connectivity index (χ1) is 15.7. The van der Waals surface area contributed by atoms with Gasteiger partial charge in [0.25, 0.3) is 0 Å². The number of carboxylic acid groups (broad SMARTS) is 1. The molecular formula is C24H31NO9. The van der Waals surface area contributed by atoms with Crippen molar-refractivity contribution in [2.45, 2.75) is 26.4 Å². The third-order valence-corrected chi connectivity index (χ3v) is 4.86. The zero-order chi connectivity index (χ0) is 26.9. The Kier molecular flexibility index (Phi) is 11.3. The number of hydrogen-bond donors (Lipinski definition) is 5. The van der Waals surface area contributed by atoms with Crippen LogP contribution in [0.15, 0.2) is 60.7 Å². The van der Waals surface area contributed by atoms with E-state index in [4.69, 9.17) is 15.6 Å². The molecule has 1 aromatic rings. The summed E-state index contributed by atoms with van der Waals surface area (Å²) in [6.45, 7) is 11.1. The van der Waals surface area contributed by atoms with E-state index in [1.54, 1.807) is 18.2 Å². The van der Waals surface area contributed by atoms with E-state index in [-0.39, 0.29) is 22.3 Å². The van der Waals surface area contributed by atoms with Crippen LogP contribution >= 0.6 is 0 Å². The molecule has 0 amide bonds. The average molecular weight is 478 g/mol. The van der Waals surface area contributed by atoms with Gasteiger partial charge in [-0.15, -0.1) is 0 Å². The topological polar surface area (TPSA) is 184 Å². The zero-order valence-electron chi connectivity index (χ0n) is 19.5. The summed E-state index contributed by atoms with van der Waals surface area (Å²) in [7, 11) is 0. The van der Waals surface area contributed by atoms with Gasteiger partial charge in [0.15, 0.2) is 0 Å².